The number of methoxy groups -OCH3 is 1. The first-order valence-electron chi connectivity index (χ1n) is 8.40. The number of nitro benzene ring substituents is 1. The van der Waals surface area contributed by atoms with Crippen molar-refractivity contribution < 1.29 is 14.5 Å². The number of carbonyl (C=O) groups excluding carboxylic acids is 1. The Kier molecular flexibility index (Phi) is 6.88. The molecule has 8 nitrogen and oxygen atoms in total. The van der Waals surface area contributed by atoms with Gasteiger partial charge in [-0.1, -0.05) is 19.3 Å². The highest BCUT2D eigenvalue weighted by atomic mass is 16.6. The summed E-state index contributed by atoms with van der Waals surface area (Å²) in [4.78, 5) is 22.4. The van der Waals surface area contributed by atoms with Crippen molar-refractivity contribution in [2.75, 3.05) is 13.7 Å². The zero-order valence-corrected chi connectivity index (χ0v) is 14.6. The normalized spacial score (nSPS) is 15.7. The number of nitrogens with one attached hydrogen (secondary N) is 2. The van der Waals surface area contributed by atoms with Gasteiger partial charge in [-0.25, -0.2) is 5.43 Å². The van der Waals surface area contributed by atoms with Gasteiger partial charge in [0.1, 0.15) is 0 Å². The Morgan fingerprint density at radius 2 is 2.08 bits per heavy atom. The van der Waals surface area contributed by atoms with Crippen LogP contribution in [0.4, 0.5) is 5.69 Å². The third kappa shape index (κ3) is 5.53. The molecule has 2 N–H and O–H groups in total. The largest absolute Gasteiger partial charge is 0.490 e. The zero-order valence-electron chi connectivity index (χ0n) is 14.6. The molecule has 0 aliphatic heterocycles. The lowest BCUT2D eigenvalue weighted by atomic mass is 9.95. The van der Waals surface area contributed by atoms with E-state index in [1.165, 1.54) is 38.5 Å². The average molecular weight is 348 g/mol. The van der Waals surface area contributed by atoms with E-state index in [1.54, 1.807) is 13.0 Å². The van der Waals surface area contributed by atoms with Crippen molar-refractivity contribution in [3.63, 3.8) is 0 Å². The summed E-state index contributed by atoms with van der Waals surface area (Å²) < 4.78 is 4.97. The highest BCUT2D eigenvalue weighted by molar-refractivity contribution is 6.00. The summed E-state index contributed by atoms with van der Waals surface area (Å²) in [7, 11) is 1.38. The molecule has 0 atom stereocenters. The van der Waals surface area contributed by atoms with Gasteiger partial charge in [0.15, 0.2) is 5.75 Å². The number of ether oxygens (including phenoxy) is 1. The topological polar surface area (TPSA) is 106 Å². The third-order valence-corrected chi connectivity index (χ3v) is 4.30. The monoisotopic (exact) mass is 348 g/mol. The van der Waals surface area contributed by atoms with Crippen molar-refractivity contribution in [3.8, 4) is 5.75 Å². The molecular weight excluding hydrogens is 324 g/mol. The molecule has 0 aromatic heterocycles. The molecule has 136 valence electrons. The van der Waals surface area contributed by atoms with Gasteiger partial charge in [-0.2, -0.15) is 5.10 Å². The van der Waals surface area contributed by atoms with Gasteiger partial charge in [0, 0.05) is 17.7 Å². The Hall–Kier alpha value is -2.48. The fourth-order valence-electron chi connectivity index (χ4n) is 2.85. The molecule has 0 spiro atoms. The highest BCUT2D eigenvalue weighted by Gasteiger charge is 2.16. The summed E-state index contributed by atoms with van der Waals surface area (Å²) in [6.45, 7) is 1.89. The van der Waals surface area contributed by atoms with E-state index in [4.69, 9.17) is 4.74 Å². The quantitative estimate of drug-likeness (QED) is 0.447. The van der Waals surface area contributed by atoms with Crippen molar-refractivity contribution in [1.82, 2.24) is 10.7 Å². The van der Waals surface area contributed by atoms with E-state index in [2.05, 4.69) is 15.8 Å². The first-order chi connectivity index (χ1) is 12.0. The SMILES string of the molecule is COc1ccc(/C(C)=N\NC(=O)CNC2CCCCC2)cc1[N+](=O)[O-]. The van der Waals surface area contributed by atoms with Crippen molar-refractivity contribution in [3.05, 3.63) is 33.9 Å². The van der Waals surface area contributed by atoms with Crippen LogP contribution in [-0.2, 0) is 4.79 Å². The maximum Gasteiger partial charge on any atom is 0.311 e. The molecular formula is C17H24N4O4. The number of rotatable bonds is 7. The number of hydrazone groups is 1. The summed E-state index contributed by atoms with van der Waals surface area (Å²) in [5.74, 6) is -0.0461. The first-order valence-corrected chi connectivity index (χ1v) is 8.40. The Bertz CT molecular complexity index is 654. The van der Waals surface area contributed by atoms with Gasteiger partial charge in [0.2, 0.25) is 0 Å². The standard InChI is InChI=1S/C17H24N4O4/c1-12(13-8-9-16(25-2)15(10-13)21(23)24)19-20-17(22)11-18-14-6-4-3-5-7-14/h8-10,14,18H,3-7,11H2,1-2H3,(H,20,22)/b19-12-. The van der Waals surface area contributed by atoms with Crippen molar-refractivity contribution in [2.24, 2.45) is 5.10 Å². The van der Waals surface area contributed by atoms with Crippen LogP contribution in [0.1, 0.15) is 44.6 Å². The maximum atomic E-state index is 11.9. The molecule has 1 amide bonds. The van der Waals surface area contributed by atoms with E-state index >= 15 is 0 Å². The van der Waals surface area contributed by atoms with Crippen molar-refractivity contribution in [2.45, 2.75) is 45.1 Å². The molecule has 0 radical (unpaired) electrons. The van der Waals surface area contributed by atoms with Crippen molar-refractivity contribution in [1.29, 1.82) is 0 Å². The summed E-state index contributed by atoms with van der Waals surface area (Å²) in [6, 6.07) is 4.95. The molecule has 1 saturated carbocycles. The molecule has 0 saturated heterocycles. The predicted octanol–water partition coefficient (Wildman–Crippen LogP) is 2.37. The zero-order chi connectivity index (χ0) is 18.2. The number of carbonyl (C=O) groups is 1. The van der Waals surface area contributed by atoms with E-state index < -0.39 is 4.92 Å². The van der Waals surface area contributed by atoms with Crippen molar-refractivity contribution >= 4 is 17.3 Å². The van der Waals surface area contributed by atoms with Crippen LogP contribution in [0.15, 0.2) is 23.3 Å². The van der Waals surface area contributed by atoms with Crippen LogP contribution < -0.4 is 15.5 Å². The molecule has 8 heteroatoms. The lowest BCUT2D eigenvalue weighted by Gasteiger charge is -2.22. The van der Waals surface area contributed by atoms with Crippen LogP contribution in [0.25, 0.3) is 0 Å². The fraction of sp³-hybridized carbons (Fsp3) is 0.529. The van der Waals surface area contributed by atoms with Crippen LogP contribution in [0.5, 0.6) is 5.75 Å². The van der Waals surface area contributed by atoms with Crippen LogP contribution in [0, 0.1) is 10.1 Å². The Labute approximate surface area is 146 Å². The molecule has 0 unspecified atom stereocenters. The fourth-order valence-corrected chi connectivity index (χ4v) is 2.85. The minimum Gasteiger partial charge on any atom is -0.490 e. The average Bonchev–Trinajstić information content (AvgIpc) is 2.64. The second-order valence-electron chi connectivity index (χ2n) is 6.09. The summed E-state index contributed by atoms with van der Waals surface area (Å²) in [5, 5.41) is 18.3. The molecule has 0 bridgehead atoms. The number of nitrogens with zero attached hydrogens (tertiary/aromatic N) is 2. The summed E-state index contributed by atoms with van der Waals surface area (Å²) in [5.41, 5.74) is 3.38. The molecule has 1 aliphatic carbocycles. The van der Waals surface area contributed by atoms with Gasteiger partial charge in [0.25, 0.3) is 5.91 Å². The minimum absolute atomic E-state index is 0.139. The second kappa shape index (κ2) is 9.12. The van der Waals surface area contributed by atoms with Crippen LogP contribution in [0.2, 0.25) is 0 Å². The first kappa shape index (κ1) is 18.9. The van der Waals surface area contributed by atoms with E-state index in [0.29, 0.717) is 17.3 Å². The number of amides is 1. The van der Waals surface area contributed by atoms with E-state index in [0.717, 1.165) is 12.8 Å². The number of hydrogen-bond donors (Lipinski definition) is 2. The lowest BCUT2D eigenvalue weighted by molar-refractivity contribution is -0.385. The smallest absolute Gasteiger partial charge is 0.311 e. The Morgan fingerprint density at radius 3 is 2.72 bits per heavy atom. The number of benzene rings is 1. The van der Waals surface area contributed by atoms with Gasteiger partial charge >= 0.3 is 5.69 Å². The van der Waals surface area contributed by atoms with Gasteiger partial charge in [-0.3, -0.25) is 14.9 Å². The second-order valence-corrected chi connectivity index (χ2v) is 6.09. The van der Waals surface area contributed by atoms with Gasteiger partial charge in [-0.05, 0) is 31.9 Å². The summed E-state index contributed by atoms with van der Waals surface area (Å²) in [6.07, 6.45) is 5.87. The Morgan fingerprint density at radius 1 is 1.36 bits per heavy atom. The van der Waals surface area contributed by atoms with Gasteiger partial charge in [-0.15, -0.1) is 0 Å². The highest BCUT2D eigenvalue weighted by Crippen LogP contribution is 2.27. The number of hydrogen-bond acceptors (Lipinski definition) is 6. The van der Waals surface area contributed by atoms with E-state index in [1.807, 2.05) is 0 Å². The van der Waals surface area contributed by atoms with Gasteiger partial charge < -0.3 is 10.1 Å². The van der Waals surface area contributed by atoms with Crippen LogP contribution in [-0.4, -0.2) is 36.2 Å². The molecule has 2 rings (SSSR count). The molecule has 1 aromatic rings. The summed E-state index contributed by atoms with van der Waals surface area (Å²) >= 11 is 0. The molecule has 1 fully saturated rings. The minimum atomic E-state index is -0.512. The molecule has 25 heavy (non-hydrogen) atoms. The predicted molar refractivity (Wildman–Crippen MR) is 94.9 cm³/mol. The third-order valence-electron chi connectivity index (χ3n) is 4.30. The number of nitro groups is 1. The van der Waals surface area contributed by atoms with Crippen LogP contribution >= 0.6 is 0 Å². The lowest BCUT2D eigenvalue weighted by Crippen LogP contribution is -2.38. The van der Waals surface area contributed by atoms with E-state index in [9.17, 15) is 14.9 Å². The van der Waals surface area contributed by atoms with Crippen LogP contribution in [0.3, 0.4) is 0 Å². The maximum absolute atomic E-state index is 11.9. The van der Waals surface area contributed by atoms with E-state index in [-0.39, 0.29) is 23.9 Å². The Balaban J connectivity index is 1.92. The molecule has 1 aromatic carbocycles. The molecule has 0 heterocycles. The molecule has 1 aliphatic rings. The van der Waals surface area contributed by atoms with Gasteiger partial charge in [0.05, 0.1) is 24.3 Å².